The summed E-state index contributed by atoms with van der Waals surface area (Å²) in [6, 6.07) is 8.04. The molecular formula is C16H16ClF3N2O2. The van der Waals surface area contributed by atoms with Gasteiger partial charge in [0.2, 0.25) is 0 Å². The average molecular weight is 361 g/mol. The fourth-order valence-electron chi connectivity index (χ4n) is 2.00. The number of para-hydroxylation sites is 2. The third kappa shape index (κ3) is 4.44. The quantitative estimate of drug-likeness (QED) is 0.770. The zero-order valence-electron chi connectivity index (χ0n) is 13.1. The van der Waals surface area contributed by atoms with Gasteiger partial charge in [0, 0.05) is 13.2 Å². The maximum absolute atomic E-state index is 12.6. The number of methoxy groups -OCH3 is 1. The molecule has 1 aromatic carbocycles. The Bertz CT molecular complexity index is 695. The third-order valence-corrected chi connectivity index (χ3v) is 3.54. The van der Waals surface area contributed by atoms with E-state index in [4.69, 9.17) is 21.1 Å². The Morgan fingerprint density at radius 1 is 1.21 bits per heavy atom. The van der Waals surface area contributed by atoms with Crippen molar-refractivity contribution in [2.45, 2.75) is 6.18 Å². The van der Waals surface area contributed by atoms with Crippen LogP contribution in [0.4, 0.5) is 19.0 Å². The van der Waals surface area contributed by atoms with Crippen LogP contribution in [0, 0.1) is 0 Å². The summed E-state index contributed by atoms with van der Waals surface area (Å²) in [5, 5.41) is -0.0652. The predicted molar refractivity (Wildman–Crippen MR) is 86.0 cm³/mol. The van der Waals surface area contributed by atoms with E-state index in [1.165, 1.54) is 0 Å². The molecule has 0 aliphatic rings. The molecule has 130 valence electrons. The molecule has 8 heteroatoms. The first kappa shape index (κ1) is 18.2. The van der Waals surface area contributed by atoms with Crippen molar-refractivity contribution in [3.63, 3.8) is 0 Å². The largest absolute Gasteiger partial charge is 0.493 e. The van der Waals surface area contributed by atoms with Gasteiger partial charge < -0.3 is 14.4 Å². The van der Waals surface area contributed by atoms with E-state index in [9.17, 15) is 13.2 Å². The molecule has 0 saturated heterocycles. The number of aromatic nitrogens is 1. The van der Waals surface area contributed by atoms with E-state index in [1.54, 1.807) is 31.2 Å². The van der Waals surface area contributed by atoms with Crippen LogP contribution < -0.4 is 14.4 Å². The molecule has 0 atom stereocenters. The van der Waals surface area contributed by atoms with Gasteiger partial charge in [-0.3, -0.25) is 0 Å². The maximum Gasteiger partial charge on any atom is 0.417 e. The summed E-state index contributed by atoms with van der Waals surface area (Å²) < 4.78 is 48.6. The number of rotatable bonds is 6. The van der Waals surface area contributed by atoms with Crippen molar-refractivity contribution in [1.82, 2.24) is 4.98 Å². The van der Waals surface area contributed by atoms with E-state index in [2.05, 4.69) is 4.98 Å². The van der Waals surface area contributed by atoms with Gasteiger partial charge in [0.25, 0.3) is 0 Å². The van der Waals surface area contributed by atoms with Crippen molar-refractivity contribution >= 4 is 17.4 Å². The smallest absolute Gasteiger partial charge is 0.417 e. The van der Waals surface area contributed by atoms with Crippen molar-refractivity contribution < 1.29 is 22.6 Å². The minimum Gasteiger partial charge on any atom is -0.493 e. The molecule has 0 unspecified atom stereocenters. The highest BCUT2D eigenvalue weighted by atomic mass is 35.5. The number of halogens is 4. The van der Waals surface area contributed by atoms with Crippen molar-refractivity contribution in [3.8, 4) is 11.5 Å². The molecule has 0 N–H and O–H groups in total. The van der Waals surface area contributed by atoms with Crippen molar-refractivity contribution in [3.05, 3.63) is 47.1 Å². The second kappa shape index (κ2) is 7.61. The molecule has 1 aromatic heterocycles. The van der Waals surface area contributed by atoms with Gasteiger partial charge >= 0.3 is 6.18 Å². The van der Waals surface area contributed by atoms with E-state index >= 15 is 0 Å². The molecule has 0 bridgehead atoms. The minimum absolute atomic E-state index is 0.0652. The molecule has 0 aliphatic carbocycles. The lowest BCUT2D eigenvalue weighted by Crippen LogP contribution is -2.25. The van der Waals surface area contributed by atoms with Crippen molar-refractivity contribution in [2.24, 2.45) is 0 Å². The van der Waals surface area contributed by atoms with Gasteiger partial charge in [0.15, 0.2) is 11.5 Å². The molecule has 0 saturated carbocycles. The van der Waals surface area contributed by atoms with E-state index in [-0.39, 0.29) is 17.4 Å². The summed E-state index contributed by atoms with van der Waals surface area (Å²) >= 11 is 5.91. The Morgan fingerprint density at radius 2 is 1.88 bits per heavy atom. The Morgan fingerprint density at radius 3 is 2.46 bits per heavy atom. The minimum atomic E-state index is -4.47. The molecular weight excluding hydrogens is 345 g/mol. The first-order chi connectivity index (χ1) is 11.3. The Balaban J connectivity index is 1.99. The SMILES string of the molecule is COc1ccccc1OCCN(C)c1ncc(C(F)(F)F)cc1Cl. The molecule has 1 heterocycles. The monoisotopic (exact) mass is 360 g/mol. The van der Waals surface area contributed by atoms with Crippen molar-refractivity contribution in [1.29, 1.82) is 0 Å². The highest BCUT2D eigenvalue weighted by Crippen LogP contribution is 2.33. The highest BCUT2D eigenvalue weighted by Gasteiger charge is 2.31. The number of hydrogen-bond acceptors (Lipinski definition) is 4. The summed E-state index contributed by atoms with van der Waals surface area (Å²) in [7, 11) is 3.22. The third-order valence-electron chi connectivity index (χ3n) is 3.26. The molecule has 4 nitrogen and oxygen atoms in total. The molecule has 0 aliphatic heterocycles. The second-order valence-electron chi connectivity index (χ2n) is 4.95. The zero-order valence-corrected chi connectivity index (χ0v) is 13.9. The van der Waals surface area contributed by atoms with Crippen LogP contribution in [0.5, 0.6) is 11.5 Å². The van der Waals surface area contributed by atoms with Crippen LogP contribution >= 0.6 is 11.6 Å². The van der Waals surface area contributed by atoms with Crippen LogP contribution in [-0.2, 0) is 6.18 Å². The van der Waals surface area contributed by atoms with Gasteiger partial charge in [-0.05, 0) is 18.2 Å². The number of anilines is 1. The molecule has 0 fully saturated rings. The molecule has 0 radical (unpaired) electrons. The standard InChI is InChI=1S/C16H16ClF3N2O2/c1-22(7-8-24-14-6-4-3-5-13(14)23-2)15-12(17)9-11(10-21-15)16(18,19)20/h3-6,9-10H,7-8H2,1-2H3. The highest BCUT2D eigenvalue weighted by molar-refractivity contribution is 6.33. The molecule has 24 heavy (non-hydrogen) atoms. The van der Waals surface area contributed by atoms with E-state index < -0.39 is 11.7 Å². The molecule has 2 rings (SSSR count). The van der Waals surface area contributed by atoms with E-state index in [0.29, 0.717) is 18.0 Å². The van der Waals surface area contributed by atoms with Gasteiger partial charge in [-0.25, -0.2) is 4.98 Å². The lowest BCUT2D eigenvalue weighted by Gasteiger charge is -2.20. The number of pyridine rings is 1. The summed E-state index contributed by atoms with van der Waals surface area (Å²) in [5.41, 5.74) is -0.880. The normalized spacial score (nSPS) is 11.2. The first-order valence-electron chi connectivity index (χ1n) is 7.02. The summed E-state index contributed by atoms with van der Waals surface area (Å²) in [6.45, 7) is 0.673. The second-order valence-corrected chi connectivity index (χ2v) is 5.36. The lowest BCUT2D eigenvalue weighted by molar-refractivity contribution is -0.137. The summed E-state index contributed by atoms with van der Waals surface area (Å²) in [5.74, 6) is 1.44. The Labute approximate surface area is 142 Å². The lowest BCUT2D eigenvalue weighted by atomic mass is 10.2. The van der Waals surface area contributed by atoms with Gasteiger partial charge in [0.05, 0.1) is 24.2 Å². The zero-order chi connectivity index (χ0) is 17.7. The fraction of sp³-hybridized carbons (Fsp3) is 0.312. The van der Waals surface area contributed by atoms with Crippen molar-refractivity contribution in [2.75, 3.05) is 32.2 Å². The van der Waals surface area contributed by atoms with Crippen LogP contribution in [0.3, 0.4) is 0 Å². The fourth-order valence-corrected chi connectivity index (χ4v) is 2.31. The maximum atomic E-state index is 12.6. The van der Waals surface area contributed by atoms with Gasteiger partial charge in [-0.15, -0.1) is 0 Å². The van der Waals surface area contributed by atoms with Crippen LogP contribution in [0.2, 0.25) is 5.02 Å². The van der Waals surface area contributed by atoms with Crippen LogP contribution in [-0.4, -0.2) is 32.3 Å². The van der Waals surface area contributed by atoms with Crippen LogP contribution in [0.15, 0.2) is 36.5 Å². The van der Waals surface area contributed by atoms with E-state index in [1.807, 2.05) is 12.1 Å². The topological polar surface area (TPSA) is 34.6 Å². The van der Waals surface area contributed by atoms with E-state index in [0.717, 1.165) is 12.3 Å². The molecule has 2 aromatic rings. The number of likely N-dealkylation sites (N-methyl/N-ethyl adjacent to an activating group) is 1. The molecule has 0 amide bonds. The van der Waals surface area contributed by atoms with Gasteiger partial charge in [-0.1, -0.05) is 23.7 Å². The average Bonchev–Trinajstić information content (AvgIpc) is 2.54. The Kier molecular flexibility index (Phi) is 5.77. The Hall–Kier alpha value is -2.15. The number of benzene rings is 1. The van der Waals surface area contributed by atoms with Gasteiger partial charge in [0.1, 0.15) is 12.4 Å². The first-order valence-corrected chi connectivity index (χ1v) is 7.40. The number of hydrogen-bond donors (Lipinski definition) is 0. The van der Waals surface area contributed by atoms with Gasteiger partial charge in [-0.2, -0.15) is 13.2 Å². The molecule has 0 spiro atoms. The number of ether oxygens (including phenoxy) is 2. The summed E-state index contributed by atoms with van der Waals surface area (Å²) in [4.78, 5) is 5.42. The summed E-state index contributed by atoms with van der Waals surface area (Å²) in [6.07, 6.45) is -3.71. The number of alkyl halides is 3. The number of nitrogens with zero attached hydrogens (tertiary/aromatic N) is 2. The predicted octanol–water partition coefficient (Wildman–Crippen LogP) is 4.28. The van der Waals surface area contributed by atoms with Crippen LogP contribution in [0.1, 0.15) is 5.56 Å². The van der Waals surface area contributed by atoms with Crippen LogP contribution in [0.25, 0.3) is 0 Å².